The lowest BCUT2D eigenvalue weighted by atomic mass is 9.86. The maximum atomic E-state index is 12.6. The molecule has 1 aliphatic rings. The number of carbonyl (C=O) groups is 2. The summed E-state index contributed by atoms with van der Waals surface area (Å²) in [6.45, 7) is 0. The maximum absolute atomic E-state index is 12.6. The number of hydrogen-bond acceptors (Lipinski definition) is 2. The standard InChI is InChI=1S/C19H26O2/c20-18-15-11-6-4-2-1-3-5-10-14-17(18)19(21)16-12-8-7-9-13-16/h7-9,12-13,17H,1-6,10-11,14-15H2. The van der Waals surface area contributed by atoms with Gasteiger partial charge in [0.1, 0.15) is 5.78 Å². The molecule has 1 aromatic rings. The van der Waals surface area contributed by atoms with E-state index in [0.717, 1.165) is 32.1 Å². The Morgan fingerprint density at radius 1 is 0.810 bits per heavy atom. The fraction of sp³-hybridized carbons (Fsp3) is 0.579. The topological polar surface area (TPSA) is 34.1 Å². The molecule has 2 nitrogen and oxygen atoms in total. The molecule has 0 aromatic heterocycles. The third-order valence-electron chi connectivity index (χ3n) is 4.43. The van der Waals surface area contributed by atoms with Crippen molar-refractivity contribution in [2.45, 2.75) is 64.2 Å². The van der Waals surface area contributed by atoms with Crippen molar-refractivity contribution in [3.8, 4) is 0 Å². The summed E-state index contributed by atoms with van der Waals surface area (Å²) in [5.41, 5.74) is 0.683. The van der Waals surface area contributed by atoms with E-state index >= 15 is 0 Å². The molecule has 2 heteroatoms. The zero-order valence-electron chi connectivity index (χ0n) is 12.9. The molecule has 0 spiro atoms. The molecule has 0 amide bonds. The molecule has 0 radical (unpaired) electrons. The molecule has 2 rings (SSSR count). The monoisotopic (exact) mass is 286 g/mol. The van der Waals surface area contributed by atoms with Gasteiger partial charge in [-0.2, -0.15) is 0 Å². The lowest BCUT2D eigenvalue weighted by Gasteiger charge is -2.16. The van der Waals surface area contributed by atoms with Gasteiger partial charge in [0.15, 0.2) is 5.78 Å². The van der Waals surface area contributed by atoms with E-state index in [0.29, 0.717) is 12.0 Å². The second-order valence-electron chi connectivity index (χ2n) is 6.12. The molecule has 1 aromatic carbocycles. The highest BCUT2D eigenvalue weighted by atomic mass is 16.1. The van der Waals surface area contributed by atoms with Crippen LogP contribution in [-0.2, 0) is 4.79 Å². The van der Waals surface area contributed by atoms with Gasteiger partial charge in [0.25, 0.3) is 0 Å². The highest BCUT2D eigenvalue weighted by molar-refractivity contribution is 6.10. The minimum absolute atomic E-state index is 0.0256. The smallest absolute Gasteiger partial charge is 0.173 e. The predicted molar refractivity (Wildman–Crippen MR) is 85.4 cm³/mol. The molecule has 21 heavy (non-hydrogen) atoms. The van der Waals surface area contributed by atoms with Crippen LogP contribution in [0.2, 0.25) is 0 Å². The summed E-state index contributed by atoms with van der Waals surface area (Å²) in [6.07, 6.45) is 10.6. The summed E-state index contributed by atoms with van der Waals surface area (Å²) in [5.74, 6) is -0.228. The number of benzene rings is 1. The summed E-state index contributed by atoms with van der Waals surface area (Å²) in [7, 11) is 0. The van der Waals surface area contributed by atoms with Crippen LogP contribution in [0.15, 0.2) is 30.3 Å². The van der Waals surface area contributed by atoms with Gasteiger partial charge in [-0.3, -0.25) is 9.59 Å². The van der Waals surface area contributed by atoms with Gasteiger partial charge in [0, 0.05) is 12.0 Å². The fourth-order valence-electron chi connectivity index (χ4n) is 3.12. The van der Waals surface area contributed by atoms with Crippen molar-refractivity contribution in [2.75, 3.05) is 0 Å². The fourth-order valence-corrected chi connectivity index (χ4v) is 3.12. The molecule has 1 fully saturated rings. The van der Waals surface area contributed by atoms with E-state index in [1.54, 1.807) is 0 Å². The lowest BCUT2D eigenvalue weighted by Crippen LogP contribution is -2.24. The summed E-state index contributed by atoms with van der Waals surface area (Å²) < 4.78 is 0. The van der Waals surface area contributed by atoms with Gasteiger partial charge in [-0.25, -0.2) is 0 Å². The first kappa shape index (κ1) is 15.9. The van der Waals surface area contributed by atoms with E-state index in [1.807, 2.05) is 30.3 Å². The van der Waals surface area contributed by atoms with Crippen LogP contribution in [0, 0.1) is 5.92 Å². The molecule has 0 bridgehead atoms. The van der Waals surface area contributed by atoms with Crippen molar-refractivity contribution in [3.05, 3.63) is 35.9 Å². The first-order valence-corrected chi connectivity index (χ1v) is 8.41. The minimum atomic E-state index is -0.410. The van der Waals surface area contributed by atoms with E-state index in [4.69, 9.17) is 0 Å². The first-order valence-electron chi connectivity index (χ1n) is 8.41. The zero-order chi connectivity index (χ0) is 14.9. The third-order valence-corrected chi connectivity index (χ3v) is 4.43. The summed E-state index contributed by atoms with van der Waals surface area (Å²) >= 11 is 0. The van der Waals surface area contributed by atoms with Crippen molar-refractivity contribution >= 4 is 11.6 Å². The van der Waals surface area contributed by atoms with E-state index in [-0.39, 0.29) is 11.6 Å². The van der Waals surface area contributed by atoms with Gasteiger partial charge in [-0.05, 0) is 12.8 Å². The van der Waals surface area contributed by atoms with E-state index in [9.17, 15) is 9.59 Å². The Kier molecular flexibility index (Phi) is 6.65. The first-order chi connectivity index (χ1) is 10.3. The second kappa shape index (κ2) is 8.76. The third kappa shape index (κ3) is 5.11. The Morgan fingerprint density at radius 2 is 1.38 bits per heavy atom. The SMILES string of the molecule is O=C1CCCCCCCCCCC1C(=O)c1ccccc1. The predicted octanol–water partition coefficient (Wildman–Crippen LogP) is 4.97. The second-order valence-corrected chi connectivity index (χ2v) is 6.12. The normalized spacial score (nSPS) is 22.1. The molecular weight excluding hydrogens is 260 g/mol. The molecule has 1 unspecified atom stereocenters. The van der Waals surface area contributed by atoms with Crippen LogP contribution in [0.5, 0.6) is 0 Å². The Labute approximate surface area is 127 Å². The van der Waals surface area contributed by atoms with Crippen LogP contribution >= 0.6 is 0 Å². The summed E-state index contributed by atoms with van der Waals surface area (Å²) in [4.78, 5) is 25.0. The van der Waals surface area contributed by atoms with Crippen LogP contribution in [-0.4, -0.2) is 11.6 Å². The van der Waals surface area contributed by atoms with Crippen LogP contribution in [0.1, 0.15) is 74.6 Å². The quantitative estimate of drug-likeness (QED) is 0.568. The Bertz CT molecular complexity index is 450. The van der Waals surface area contributed by atoms with Crippen molar-refractivity contribution in [1.82, 2.24) is 0 Å². The largest absolute Gasteiger partial charge is 0.299 e. The van der Waals surface area contributed by atoms with Crippen molar-refractivity contribution in [1.29, 1.82) is 0 Å². The van der Waals surface area contributed by atoms with E-state index < -0.39 is 5.92 Å². The lowest BCUT2D eigenvalue weighted by molar-refractivity contribution is -0.121. The Morgan fingerprint density at radius 3 is 2.05 bits per heavy atom. The molecule has 0 N–H and O–H groups in total. The number of Topliss-reactive ketones (excluding diaryl/α,β-unsaturated/α-hetero) is 2. The van der Waals surface area contributed by atoms with Gasteiger partial charge < -0.3 is 0 Å². The van der Waals surface area contributed by atoms with E-state index in [1.165, 1.54) is 25.7 Å². The van der Waals surface area contributed by atoms with Gasteiger partial charge in [0.05, 0.1) is 5.92 Å². The molecular formula is C19H26O2. The van der Waals surface area contributed by atoms with Gasteiger partial charge >= 0.3 is 0 Å². The number of rotatable bonds is 2. The van der Waals surface area contributed by atoms with Gasteiger partial charge in [0.2, 0.25) is 0 Å². The zero-order valence-corrected chi connectivity index (χ0v) is 12.9. The van der Waals surface area contributed by atoms with Gasteiger partial charge in [-0.1, -0.05) is 75.3 Å². The van der Waals surface area contributed by atoms with Crippen molar-refractivity contribution in [2.24, 2.45) is 5.92 Å². The van der Waals surface area contributed by atoms with Crippen molar-refractivity contribution in [3.63, 3.8) is 0 Å². The average molecular weight is 286 g/mol. The molecule has 0 saturated heterocycles. The van der Waals surface area contributed by atoms with Crippen LogP contribution in [0.25, 0.3) is 0 Å². The van der Waals surface area contributed by atoms with Gasteiger partial charge in [-0.15, -0.1) is 0 Å². The Hall–Kier alpha value is -1.44. The molecule has 1 atom stereocenters. The molecule has 1 aliphatic carbocycles. The number of hydrogen-bond donors (Lipinski definition) is 0. The van der Waals surface area contributed by atoms with Crippen LogP contribution in [0.3, 0.4) is 0 Å². The molecule has 114 valence electrons. The van der Waals surface area contributed by atoms with E-state index in [2.05, 4.69) is 0 Å². The number of carbonyl (C=O) groups excluding carboxylic acids is 2. The minimum Gasteiger partial charge on any atom is -0.299 e. The number of ketones is 2. The summed E-state index contributed by atoms with van der Waals surface area (Å²) in [5, 5.41) is 0. The molecule has 0 aliphatic heterocycles. The Balaban J connectivity index is 2.04. The maximum Gasteiger partial charge on any atom is 0.173 e. The highest BCUT2D eigenvalue weighted by Gasteiger charge is 2.26. The average Bonchev–Trinajstić information content (AvgIpc) is 2.51. The highest BCUT2D eigenvalue weighted by Crippen LogP contribution is 2.22. The van der Waals surface area contributed by atoms with Crippen LogP contribution in [0.4, 0.5) is 0 Å². The summed E-state index contributed by atoms with van der Waals surface area (Å²) in [6, 6.07) is 9.29. The van der Waals surface area contributed by atoms with Crippen LogP contribution < -0.4 is 0 Å². The molecule has 1 saturated carbocycles. The van der Waals surface area contributed by atoms with Crippen molar-refractivity contribution < 1.29 is 9.59 Å². The molecule has 0 heterocycles.